The second-order valence-electron chi connectivity index (χ2n) is 4.69. The Labute approximate surface area is 111 Å². The van der Waals surface area contributed by atoms with Crippen LogP contribution in [0, 0.1) is 17.0 Å². The molecule has 0 unspecified atom stereocenters. The summed E-state index contributed by atoms with van der Waals surface area (Å²) in [5, 5.41) is 16.9. The first kappa shape index (κ1) is 13.5. The maximum atomic E-state index is 11.9. The first-order valence-corrected chi connectivity index (χ1v) is 6.35. The number of carbonyl (C=O) groups is 1. The molecule has 6 nitrogen and oxygen atoms in total. The number of hydrogen-bond donors (Lipinski definition) is 2. The molecule has 1 aromatic carbocycles. The summed E-state index contributed by atoms with van der Waals surface area (Å²) in [6, 6.07) is 5.14. The highest BCUT2D eigenvalue weighted by molar-refractivity contribution is 5.96. The van der Waals surface area contributed by atoms with E-state index < -0.39 is 4.92 Å². The lowest BCUT2D eigenvalue weighted by molar-refractivity contribution is -0.385. The largest absolute Gasteiger partial charge is 0.351 e. The van der Waals surface area contributed by atoms with Crippen molar-refractivity contribution in [3.8, 4) is 0 Å². The molecule has 0 heterocycles. The van der Waals surface area contributed by atoms with E-state index in [0.717, 1.165) is 6.54 Å². The van der Waals surface area contributed by atoms with Gasteiger partial charge in [0, 0.05) is 36.3 Å². The summed E-state index contributed by atoms with van der Waals surface area (Å²) in [5.41, 5.74) is 0.740. The Bertz CT molecular complexity index is 498. The summed E-state index contributed by atoms with van der Waals surface area (Å²) in [4.78, 5) is 22.3. The monoisotopic (exact) mass is 263 g/mol. The van der Waals surface area contributed by atoms with Crippen molar-refractivity contribution in [1.82, 2.24) is 10.6 Å². The highest BCUT2D eigenvalue weighted by Crippen LogP contribution is 2.21. The van der Waals surface area contributed by atoms with Crippen LogP contribution < -0.4 is 10.6 Å². The van der Waals surface area contributed by atoms with Crippen LogP contribution in [0.1, 0.15) is 28.8 Å². The Morgan fingerprint density at radius 1 is 1.42 bits per heavy atom. The maximum Gasteiger partial charge on any atom is 0.273 e. The quantitative estimate of drug-likeness (QED) is 0.461. The Hall–Kier alpha value is -1.95. The first-order valence-electron chi connectivity index (χ1n) is 6.35. The Balaban J connectivity index is 1.93. The van der Waals surface area contributed by atoms with Gasteiger partial charge in [-0.1, -0.05) is 6.07 Å². The predicted octanol–water partition coefficient (Wildman–Crippen LogP) is 1.39. The summed E-state index contributed by atoms with van der Waals surface area (Å²) < 4.78 is 0. The average Bonchev–Trinajstić information content (AvgIpc) is 3.18. The van der Waals surface area contributed by atoms with Gasteiger partial charge >= 0.3 is 0 Å². The van der Waals surface area contributed by atoms with Gasteiger partial charge in [-0.25, -0.2) is 0 Å². The molecule has 19 heavy (non-hydrogen) atoms. The highest BCUT2D eigenvalue weighted by Gasteiger charge is 2.20. The predicted molar refractivity (Wildman–Crippen MR) is 71.2 cm³/mol. The minimum Gasteiger partial charge on any atom is -0.351 e. The minimum atomic E-state index is -0.471. The molecular formula is C13H17N3O3. The zero-order valence-electron chi connectivity index (χ0n) is 10.8. The van der Waals surface area contributed by atoms with Gasteiger partial charge in [0.1, 0.15) is 0 Å². The summed E-state index contributed by atoms with van der Waals surface area (Å²) in [6.07, 6.45) is 2.41. The van der Waals surface area contributed by atoms with Gasteiger partial charge in [0.25, 0.3) is 11.6 Å². The normalized spacial score (nSPS) is 14.2. The molecule has 2 N–H and O–H groups in total. The van der Waals surface area contributed by atoms with Crippen LogP contribution >= 0.6 is 0 Å². The van der Waals surface area contributed by atoms with E-state index in [1.165, 1.54) is 25.0 Å². The molecule has 0 radical (unpaired) electrons. The van der Waals surface area contributed by atoms with Crippen molar-refractivity contribution in [2.24, 2.45) is 0 Å². The van der Waals surface area contributed by atoms with E-state index in [1.54, 1.807) is 13.0 Å². The van der Waals surface area contributed by atoms with Gasteiger partial charge in [0.15, 0.2) is 0 Å². The van der Waals surface area contributed by atoms with Gasteiger partial charge in [0.2, 0.25) is 0 Å². The third kappa shape index (κ3) is 3.51. The number of nitro groups is 1. The molecular weight excluding hydrogens is 246 g/mol. The van der Waals surface area contributed by atoms with Crippen LogP contribution in [0.2, 0.25) is 0 Å². The summed E-state index contributed by atoms with van der Waals surface area (Å²) in [6.45, 7) is 2.84. The van der Waals surface area contributed by atoms with E-state index in [2.05, 4.69) is 10.6 Å². The van der Waals surface area contributed by atoms with Crippen LogP contribution in [0.5, 0.6) is 0 Å². The van der Waals surface area contributed by atoms with Gasteiger partial charge in [0.05, 0.1) is 4.92 Å². The number of nitrogens with one attached hydrogen (secondary N) is 2. The molecule has 1 fully saturated rings. The smallest absolute Gasteiger partial charge is 0.273 e. The van der Waals surface area contributed by atoms with Gasteiger partial charge in [-0.05, 0) is 25.8 Å². The van der Waals surface area contributed by atoms with Crippen LogP contribution in [-0.4, -0.2) is 30.0 Å². The molecule has 102 valence electrons. The molecule has 1 aliphatic carbocycles. The molecule has 0 aromatic heterocycles. The summed E-state index contributed by atoms with van der Waals surface area (Å²) >= 11 is 0. The second kappa shape index (κ2) is 5.79. The van der Waals surface area contributed by atoms with Gasteiger partial charge < -0.3 is 10.6 Å². The van der Waals surface area contributed by atoms with Crippen molar-refractivity contribution >= 4 is 11.6 Å². The van der Waals surface area contributed by atoms with Gasteiger partial charge in [-0.2, -0.15) is 0 Å². The lowest BCUT2D eigenvalue weighted by atomic mass is 10.1. The molecule has 1 amide bonds. The zero-order valence-corrected chi connectivity index (χ0v) is 10.8. The summed E-state index contributed by atoms with van der Waals surface area (Å²) in [5.74, 6) is -0.265. The van der Waals surface area contributed by atoms with Crippen LogP contribution in [0.4, 0.5) is 5.69 Å². The molecule has 6 heteroatoms. The number of nitro benzene ring substituents is 1. The SMILES string of the molecule is Cc1c(C(=O)NCCNC2CC2)cccc1[N+](=O)[O-]. The van der Waals surface area contributed by atoms with Gasteiger partial charge in [-0.15, -0.1) is 0 Å². The van der Waals surface area contributed by atoms with Crippen LogP contribution in [0.25, 0.3) is 0 Å². The molecule has 1 saturated carbocycles. The number of carbonyl (C=O) groups excluding carboxylic acids is 1. The first-order chi connectivity index (χ1) is 9.09. The van der Waals surface area contributed by atoms with Crippen LogP contribution in [0.3, 0.4) is 0 Å². The molecule has 0 atom stereocenters. The molecule has 2 rings (SSSR count). The third-order valence-corrected chi connectivity index (χ3v) is 3.17. The van der Waals surface area contributed by atoms with Crippen molar-refractivity contribution in [1.29, 1.82) is 0 Å². The Morgan fingerprint density at radius 2 is 2.16 bits per heavy atom. The molecule has 0 saturated heterocycles. The topological polar surface area (TPSA) is 84.3 Å². The van der Waals surface area contributed by atoms with E-state index >= 15 is 0 Å². The molecule has 0 spiro atoms. The van der Waals surface area contributed by atoms with Crippen molar-refractivity contribution in [2.45, 2.75) is 25.8 Å². The number of nitrogens with zero attached hydrogens (tertiary/aromatic N) is 1. The maximum absolute atomic E-state index is 11.9. The van der Waals surface area contributed by atoms with E-state index in [-0.39, 0.29) is 11.6 Å². The Morgan fingerprint density at radius 3 is 2.79 bits per heavy atom. The molecule has 1 aromatic rings. The van der Waals surface area contributed by atoms with Crippen LogP contribution in [0.15, 0.2) is 18.2 Å². The van der Waals surface area contributed by atoms with Gasteiger partial charge in [-0.3, -0.25) is 14.9 Å². The minimum absolute atomic E-state index is 0.0243. The molecule has 1 aliphatic rings. The third-order valence-electron chi connectivity index (χ3n) is 3.17. The number of rotatable bonds is 6. The van der Waals surface area contributed by atoms with Crippen molar-refractivity contribution < 1.29 is 9.72 Å². The van der Waals surface area contributed by atoms with Crippen molar-refractivity contribution in [3.63, 3.8) is 0 Å². The van der Waals surface area contributed by atoms with E-state index in [0.29, 0.717) is 23.7 Å². The van der Waals surface area contributed by atoms with E-state index in [4.69, 9.17) is 0 Å². The molecule has 0 bridgehead atoms. The second-order valence-corrected chi connectivity index (χ2v) is 4.69. The van der Waals surface area contributed by atoms with E-state index in [9.17, 15) is 14.9 Å². The standard InChI is InChI=1S/C13H17N3O3/c1-9-11(3-2-4-12(9)16(18)19)13(17)15-8-7-14-10-5-6-10/h2-4,10,14H,5-8H2,1H3,(H,15,17). The van der Waals surface area contributed by atoms with Crippen molar-refractivity contribution in [3.05, 3.63) is 39.4 Å². The fourth-order valence-corrected chi connectivity index (χ4v) is 1.90. The Kier molecular flexibility index (Phi) is 4.11. The number of benzene rings is 1. The van der Waals surface area contributed by atoms with Crippen molar-refractivity contribution in [2.75, 3.05) is 13.1 Å². The fourth-order valence-electron chi connectivity index (χ4n) is 1.90. The molecule has 0 aliphatic heterocycles. The summed E-state index contributed by atoms with van der Waals surface area (Å²) in [7, 11) is 0. The lowest BCUT2D eigenvalue weighted by Crippen LogP contribution is -2.33. The fraction of sp³-hybridized carbons (Fsp3) is 0.462. The number of amides is 1. The number of hydrogen-bond acceptors (Lipinski definition) is 4. The van der Waals surface area contributed by atoms with E-state index in [1.807, 2.05) is 0 Å². The lowest BCUT2D eigenvalue weighted by Gasteiger charge is -2.08. The average molecular weight is 263 g/mol. The van der Waals surface area contributed by atoms with Crippen LogP contribution in [-0.2, 0) is 0 Å². The highest BCUT2D eigenvalue weighted by atomic mass is 16.6. The zero-order chi connectivity index (χ0) is 13.8.